The number of carbonyl (C=O) groups is 2. The third kappa shape index (κ3) is 4.16. The highest BCUT2D eigenvalue weighted by atomic mass is 32.1. The zero-order valence-corrected chi connectivity index (χ0v) is 12.8. The van der Waals surface area contributed by atoms with Crippen LogP contribution in [-0.2, 0) is 9.53 Å². The number of esters is 1. The Bertz CT molecular complexity index is 621. The molecule has 2 rings (SSSR count). The molecule has 21 heavy (non-hydrogen) atoms. The highest BCUT2D eigenvalue weighted by Gasteiger charge is 2.15. The Balaban J connectivity index is 1.83. The van der Waals surface area contributed by atoms with E-state index in [9.17, 15) is 9.59 Å². The second-order valence-corrected chi connectivity index (χ2v) is 5.62. The van der Waals surface area contributed by atoms with Crippen molar-refractivity contribution >= 4 is 23.2 Å². The van der Waals surface area contributed by atoms with Crippen LogP contribution in [0.5, 0.6) is 0 Å². The van der Waals surface area contributed by atoms with Gasteiger partial charge in [-0.2, -0.15) is 0 Å². The number of hydrogen-bond donors (Lipinski definition) is 1. The summed E-state index contributed by atoms with van der Waals surface area (Å²) in [6.07, 6.45) is 0. The summed E-state index contributed by atoms with van der Waals surface area (Å²) in [6, 6.07) is 11.3. The lowest BCUT2D eigenvalue weighted by atomic mass is 10.1. The van der Waals surface area contributed by atoms with Crippen LogP contribution in [0.2, 0.25) is 0 Å². The number of benzene rings is 1. The van der Waals surface area contributed by atoms with Crippen molar-refractivity contribution in [3.63, 3.8) is 0 Å². The average Bonchev–Trinajstić information content (AvgIpc) is 2.92. The van der Waals surface area contributed by atoms with E-state index in [1.165, 1.54) is 11.3 Å². The maximum Gasteiger partial charge on any atom is 0.349 e. The molecule has 0 saturated heterocycles. The molecule has 0 fully saturated rings. The van der Waals surface area contributed by atoms with Crippen molar-refractivity contribution in [2.75, 3.05) is 6.61 Å². The summed E-state index contributed by atoms with van der Waals surface area (Å²) in [6.45, 7) is 3.45. The van der Waals surface area contributed by atoms with Gasteiger partial charge in [0, 0.05) is 0 Å². The van der Waals surface area contributed by atoms with E-state index in [0.29, 0.717) is 4.88 Å². The van der Waals surface area contributed by atoms with Crippen molar-refractivity contribution in [3.8, 4) is 0 Å². The van der Waals surface area contributed by atoms with Gasteiger partial charge in [-0.05, 0) is 36.4 Å². The lowest BCUT2D eigenvalue weighted by Gasteiger charge is -2.14. The van der Waals surface area contributed by atoms with Gasteiger partial charge in [-0.15, -0.1) is 11.3 Å². The third-order valence-corrected chi connectivity index (χ3v) is 4.06. The van der Waals surface area contributed by atoms with Crippen LogP contribution < -0.4 is 5.32 Å². The minimum absolute atomic E-state index is 0.124. The summed E-state index contributed by atoms with van der Waals surface area (Å²) in [5.41, 5.74) is 1.87. The Hall–Kier alpha value is -2.14. The number of nitrogens with one attached hydrogen (secondary N) is 1. The van der Waals surface area contributed by atoms with Crippen molar-refractivity contribution < 1.29 is 14.3 Å². The molecule has 5 heteroatoms. The minimum atomic E-state index is -0.454. The number of thiophene rings is 1. The van der Waals surface area contributed by atoms with Gasteiger partial charge in [0.15, 0.2) is 6.61 Å². The topological polar surface area (TPSA) is 55.4 Å². The van der Waals surface area contributed by atoms with E-state index in [1.54, 1.807) is 0 Å². The third-order valence-electron chi connectivity index (χ3n) is 3.06. The molecule has 1 amide bonds. The van der Waals surface area contributed by atoms with Crippen LogP contribution in [0.3, 0.4) is 0 Å². The van der Waals surface area contributed by atoms with Gasteiger partial charge in [-0.1, -0.05) is 30.3 Å². The molecule has 0 aliphatic heterocycles. The Kier molecular flexibility index (Phi) is 5.11. The van der Waals surface area contributed by atoms with Crippen LogP contribution in [0, 0.1) is 6.92 Å². The van der Waals surface area contributed by atoms with E-state index in [0.717, 1.165) is 11.1 Å². The Morgan fingerprint density at radius 2 is 1.95 bits per heavy atom. The Morgan fingerprint density at radius 3 is 2.57 bits per heavy atom. The molecule has 1 aromatic heterocycles. The molecule has 1 atom stereocenters. The zero-order valence-electron chi connectivity index (χ0n) is 12.0. The van der Waals surface area contributed by atoms with Crippen molar-refractivity contribution in [2.24, 2.45) is 0 Å². The van der Waals surface area contributed by atoms with E-state index in [4.69, 9.17) is 4.74 Å². The summed E-state index contributed by atoms with van der Waals surface area (Å²) in [5.74, 6) is -0.765. The highest BCUT2D eigenvalue weighted by Crippen LogP contribution is 2.16. The molecule has 0 aliphatic rings. The molecule has 0 bridgehead atoms. The van der Waals surface area contributed by atoms with Crippen molar-refractivity contribution in [1.82, 2.24) is 5.32 Å². The largest absolute Gasteiger partial charge is 0.451 e. The molecule has 1 N–H and O–H groups in total. The summed E-state index contributed by atoms with van der Waals surface area (Å²) in [5, 5.41) is 4.62. The zero-order chi connectivity index (χ0) is 15.2. The van der Waals surface area contributed by atoms with E-state index in [-0.39, 0.29) is 18.6 Å². The molecule has 2 aromatic rings. The fourth-order valence-electron chi connectivity index (χ4n) is 1.89. The van der Waals surface area contributed by atoms with Crippen molar-refractivity contribution in [1.29, 1.82) is 0 Å². The first-order valence-electron chi connectivity index (χ1n) is 6.63. The van der Waals surface area contributed by atoms with Crippen LogP contribution in [0.1, 0.15) is 33.8 Å². The van der Waals surface area contributed by atoms with Gasteiger partial charge in [-0.3, -0.25) is 4.79 Å². The predicted molar refractivity (Wildman–Crippen MR) is 82.3 cm³/mol. The van der Waals surface area contributed by atoms with Gasteiger partial charge in [0.2, 0.25) is 0 Å². The monoisotopic (exact) mass is 303 g/mol. The maximum absolute atomic E-state index is 11.8. The summed E-state index contributed by atoms with van der Waals surface area (Å²) in [7, 11) is 0. The average molecular weight is 303 g/mol. The second-order valence-electron chi connectivity index (χ2n) is 4.71. The number of ether oxygens (including phenoxy) is 1. The molecule has 0 radical (unpaired) electrons. The van der Waals surface area contributed by atoms with Gasteiger partial charge in [-0.25, -0.2) is 4.79 Å². The van der Waals surface area contributed by atoms with Crippen LogP contribution in [0.15, 0.2) is 41.8 Å². The summed E-state index contributed by atoms with van der Waals surface area (Å²) in [4.78, 5) is 24.1. The molecule has 0 unspecified atom stereocenters. The minimum Gasteiger partial charge on any atom is -0.451 e. The number of carbonyl (C=O) groups excluding carboxylic acids is 2. The van der Waals surface area contributed by atoms with E-state index < -0.39 is 5.97 Å². The maximum atomic E-state index is 11.8. The molecule has 110 valence electrons. The van der Waals surface area contributed by atoms with Crippen LogP contribution in [0.4, 0.5) is 0 Å². The van der Waals surface area contributed by atoms with Gasteiger partial charge >= 0.3 is 5.97 Å². The normalized spacial score (nSPS) is 11.7. The molecule has 4 nitrogen and oxygen atoms in total. The Labute approximate surface area is 127 Å². The molecular weight excluding hydrogens is 286 g/mol. The number of hydrogen-bond acceptors (Lipinski definition) is 4. The highest BCUT2D eigenvalue weighted by molar-refractivity contribution is 7.12. The van der Waals surface area contributed by atoms with E-state index in [2.05, 4.69) is 5.32 Å². The molecule has 0 saturated carbocycles. The van der Waals surface area contributed by atoms with Crippen molar-refractivity contribution in [2.45, 2.75) is 19.9 Å². The molecule has 1 aromatic carbocycles. The SMILES string of the molecule is Cc1ccsc1C(=O)OCC(=O)N[C@H](C)c1ccccc1. The number of rotatable bonds is 5. The Morgan fingerprint density at radius 1 is 1.24 bits per heavy atom. The fourth-order valence-corrected chi connectivity index (χ4v) is 2.70. The van der Waals surface area contributed by atoms with E-state index in [1.807, 2.05) is 55.6 Å². The first-order chi connectivity index (χ1) is 10.1. The predicted octanol–water partition coefficient (Wildman–Crippen LogP) is 3.09. The van der Waals surface area contributed by atoms with Gasteiger partial charge in [0.05, 0.1) is 6.04 Å². The first kappa shape index (κ1) is 15.3. The molecule has 0 aliphatic carbocycles. The molecule has 0 spiro atoms. The second kappa shape index (κ2) is 7.04. The first-order valence-corrected chi connectivity index (χ1v) is 7.51. The van der Waals surface area contributed by atoms with Gasteiger partial charge in [0.1, 0.15) is 4.88 Å². The smallest absolute Gasteiger partial charge is 0.349 e. The van der Waals surface area contributed by atoms with Crippen molar-refractivity contribution in [3.05, 3.63) is 57.8 Å². The number of aryl methyl sites for hydroxylation is 1. The number of amides is 1. The van der Waals surface area contributed by atoms with Gasteiger partial charge < -0.3 is 10.1 Å². The lowest BCUT2D eigenvalue weighted by molar-refractivity contribution is -0.124. The van der Waals surface area contributed by atoms with Crippen LogP contribution in [0.25, 0.3) is 0 Å². The summed E-state index contributed by atoms with van der Waals surface area (Å²) < 4.78 is 5.03. The lowest BCUT2D eigenvalue weighted by Crippen LogP contribution is -2.31. The van der Waals surface area contributed by atoms with Crippen LogP contribution >= 0.6 is 11.3 Å². The quantitative estimate of drug-likeness (QED) is 0.864. The van der Waals surface area contributed by atoms with Crippen LogP contribution in [-0.4, -0.2) is 18.5 Å². The standard InChI is InChI=1S/C16H17NO3S/c1-11-8-9-21-15(11)16(19)20-10-14(18)17-12(2)13-6-4-3-5-7-13/h3-9,12H,10H2,1-2H3,(H,17,18)/t12-/m1/s1. The molecule has 1 heterocycles. The molecular formula is C16H17NO3S. The van der Waals surface area contributed by atoms with Gasteiger partial charge in [0.25, 0.3) is 5.91 Å². The fraction of sp³-hybridized carbons (Fsp3) is 0.250. The summed E-state index contributed by atoms with van der Waals surface area (Å²) >= 11 is 1.31. The van der Waals surface area contributed by atoms with E-state index >= 15 is 0 Å².